The Morgan fingerprint density at radius 1 is 1.64 bits per heavy atom. The highest BCUT2D eigenvalue weighted by atomic mass is 16.5. The Bertz CT molecular complexity index is 290. The monoisotopic (exact) mass is 194 g/mol. The van der Waals surface area contributed by atoms with Gasteiger partial charge in [0.2, 0.25) is 0 Å². The lowest BCUT2D eigenvalue weighted by Crippen LogP contribution is -2.14. The van der Waals surface area contributed by atoms with Gasteiger partial charge in [0.1, 0.15) is 5.76 Å². The number of amidine groups is 1. The van der Waals surface area contributed by atoms with E-state index < -0.39 is 0 Å². The molecule has 0 aromatic heterocycles. The van der Waals surface area contributed by atoms with Crippen molar-refractivity contribution in [2.24, 2.45) is 4.99 Å². The van der Waals surface area contributed by atoms with Gasteiger partial charge in [-0.15, -0.1) is 0 Å². The van der Waals surface area contributed by atoms with E-state index in [9.17, 15) is 0 Å². The second kappa shape index (κ2) is 4.84. The van der Waals surface area contributed by atoms with Crippen LogP contribution < -0.4 is 5.32 Å². The van der Waals surface area contributed by atoms with Crippen LogP contribution >= 0.6 is 0 Å². The minimum absolute atomic E-state index is 0.742. The number of aliphatic imine (C=N–C) groups is 1. The van der Waals surface area contributed by atoms with Gasteiger partial charge in [-0.25, -0.2) is 4.99 Å². The van der Waals surface area contributed by atoms with Crippen LogP contribution in [0.3, 0.4) is 0 Å². The molecule has 78 valence electrons. The maximum absolute atomic E-state index is 5.32. The molecule has 1 aliphatic rings. The van der Waals surface area contributed by atoms with Crippen LogP contribution in [0.15, 0.2) is 28.6 Å². The molecule has 1 saturated heterocycles. The molecule has 3 heteroatoms. The van der Waals surface area contributed by atoms with Gasteiger partial charge in [0.15, 0.2) is 0 Å². The van der Waals surface area contributed by atoms with Crippen LogP contribution in [0.2, 0.25) is 0 Å². The van der Waals surface area contributed by atoms with Crippen molar-refractivity contribution in [1.29, 1.82) is 0 Å². The Morgan fingerprint density at radius 2 is 2.36 bits per heavy atom. The molecule has 0 aromatic carbocycles. The van der Waals surface area contributed by atoms with Crippen molar-refractivity contribution in [3.05, 3.63) is 23.6 Å². The number of hydrogen-bond acceptors (Lipinski definition) is 2. The first kappa shape index (κ1) is 10.8. The SMILES string of the molecule is C=C1OCC/C1=C(CC)\N=C(\C)NC. The van der Waals surface area contributed by atoms with Crippen LogP contribution in [0, 0.1) is 0 Å². The van der Waals surface area contributed by atoms with Crippen molar-refractivity contribution < 1.29 is 4.74 Å². The van der Waals surface area contributed by atoms with E-state index in [2.05, 4.69) is 23.8 Å². The third-order valence-electron chi connectivity index (χ3n) is 2.31. The highest BCUT2D eigenvalue weighted by molar-refractivity contribution is 5.80. The first-order valence-corrected chi connectivity index (χ1v) is 4.96. The summed E-state index contributed by atoms with van der Waals surface area (Å²) >= 11 is 0. The smallest absolute Gasteiger partial charge is 0.117 e. The van der Waals surface area contributed by atoms with Crippen LogP contribution in [-0.4, -0.2) is 19.5 Å². The van der Waals surface area contributed by atoms with Gasteiger partial charge < -0.3 is 10.1 Å². The largest absolute Gasteiger partial charge is 0.494 e. The van der Waals surface area contributed by atoms with E-state index in [0.717, 1.165) is 36.7 Å². The van der Waals surface area contributed by atoms with Crippen molar-refractivity contribution in [2.75, 3.05) is 13.7 Å². The predicted octanol–water partition coefficient (Wildman–Crippen LogP) is 2.22. The summed E-state index contributed by atoms with van der Waals surface area (Å²) in [4.78, 5) is 4.49. The molecule has 0 amide bonds. The Morgan fingerprint density at radius 3 is 2.79 bits per heavy atom. The van der Waals surface area contributed by atoms with Gasteiger partial charge in [-0.3, -0.25) is 0 Å². The zero-order chi connectivity index (χ0) is 10.6. The zero-order valence-corrected chi connectivity index (χ0v) is 9.18. The molecule has 0 radical (unpaired) electrons. The molecule has 3 nitrogen and oxygen atoms in total. The molecule has 0 aromatic rings. The maximum atomic E-state index is 5.32. The second-order valence-electron chi connectivity index (χ2n) is 3.25. The zero-order valence-electron chi connectivity index (χ0n) is 9.18. The molecule has 14 heavy (non-hydrogen) atoms. The molecule has 0 atom stereocenters. The van der Waals surface area contributed by atoms with E-state index in [1.807, 2.05) is 14.0 Å². The number of ether oxygens (including phenoxy) is 1. The molecule has 1 heterocycles. The van der Waals surface area contributed by atoms with Gasteiger partial charge in [0.05, 0.1) is 12.4 Å². The van der Waals surface area contributed by atoms with Crippen LogP contribution in [0.5, 0.6) is 0 Å². The summed E-state index contributed by atoms with van der Waals surface area (Å²) in [6, 6.07) is 0. The molecular formula is C11H18N2O. The van der Waals surface area contributed by atoms with Gasteiger partial charge in [0, 0.05) is 24.7 Å². The van der Waals surface area contributed by atoms with Gasteiger partial charge >= 0.3 is 0 Å². The standard InChI is InChI=1S/C11H18N2O/c1-5-11(13-9(3)12-4)10-6-7-14-8(10)2/h2,5-7H2,1,3-4H3,(H,12,13)/b11-10+. The Kier molecular flexibility index (Phi) is 3.74. The van der Waals surface area contributed by atoms with Gasteiger partial charge in [-0.05, 0) is 13.3 Å². The lowest BCUT2D eigenvalue weighted by atomic mass is 10.1. The van der Waals surface area contributed by atoms with E-state index in [1.54, 1.807) is 0 Å². The molecule has 0 saturated carbocycles. The van der Waals surface area contributed by atoms with Crippen molar-refractivity contribution >= 4 is 5.84 Å². The Hall–Kier alpha value is -1.25. The van der Waals surface area contributed by atoms with Crippen LogP contribution in [0.4, 0.5) is 0 Å². The molecule has 1 aliphatic heterocycles. The number of rotatable bonds is 2. The third-order valence-corrected chi connectivity index (χ3v) is 2.31. The van der Waals surface area contributed by atoms with E-state index in [4.69, 9.17) is 4.74 Å². The van der Waals surface area contributed by atoms with Crippen LogP contribution in [0.25, 0.3) is 0 Å². The molecule has 1 rings (SSSR count). The number of nitrogens with zero attached hydrogens (tertiary/aromatic N) is 1. The molecule has 0 unspecified atom stereocenters. The molecule has 1 fully saturated rings. The first-order valence-electron chi connectivity index (χ1n) is 4.96. The van der Waals surface area contributed by atoms with Crippen molar-refractivity contribution in [3.63, 3.8) is 0 Å². The summed E-state index contributed by atoms with van der Waals surface area (Å²) in [5, 5.41) is 3.01. The van der Waals surface area contributed by atoms with Crippen LogP contribution in [0.1, 0.15) is 26.7 Å². The van der Waals surface area contributed by atoms with Crippen molar-refractivity contribution in [1.82, 2.24) is 5.32 Å². The van der Waals surface area contributed by atoms with E-state index in [0.29, 0.717) is 0 Å². The molecule has 1 N–H and O–H groups in total. The Labute approximate surface area is 85.6 Å². The maximum Gasteiger partial charge on any atom is 0.117 e. The molecular weight excluding hydrogens is 176 g/mol. The first-order chi connectivity index (χ1) is 6.69. The van der Waals surface area contributed by atoms with E-state index >= 15 is 0 Å². The minimum Gasteiger partial charge on any atom is -0.494 e. The van der Waals surface area contributed by atoms with E-state index in [1.165, 1.54) is 5.57 Å². The van der Waals surface area contributed by atoms with Gasteiger partial charge in [0.25, 0.3) is 0 Å². The summed E-state index contributed by atoms with van der Waals surface area (Å²) in [5.41, 5.74) is 2.25. The predicted molar refractivity (Wildman–Crippen MR) is 59.2 cm³/mol. The van der Waals surface area contributed by atoms with Crippen LogP contribution in [-0.2, 0) is 4.74 Å². The quantitative estimate of drug-likeness (QED) is 0.540. The molecule has 0 spiro atoms. The fourth-order valence-electron chi connectivity index (χ4n) is 1.43. The summed E-state index contributed by atoms with van der Waals surface area (Å²) in [6.45, 7) is 8.66. The number of hydrogen-bond donors (Lipinski definition) is 1. The fourth-order valence-corrected chi connectivity index (χ4v) is 1.43. The van der Waals surface area contributed by atoms with Gasteiger partial charge in [-0.1, -0.05) is 13.5 Å². The number of allylic oxidation sites excluding steroid dienone is 2. The fraction of sp³-hybridized carbons (Fsp3) is 0.545. The Balaban J connectivity index is 2.94. The van der Waals surface area contributed by atoms with Gasteiger partial charge in [-0.2, -0.15) is 0 Å². The summed E-state index contributed by atoms with van der Waals surface area (Å²) in [6.07, 6.45) is 1.85. The molecule has 0 bridgehead atoms. The topological polar surface area (TPSA) is 33.6 Å². The summed E-state index contributed by atoms with van der Waals surface area (Å²) in [7, 11) is 1.87. The second-order valence-corrected chi connectivity index (χ2v) is 3.25. The lowest BCUT2D eigenvalue weighted by Gasteiger charge is -2.05. The minimum atomic E-state index is 0.742. The normalized spacial score (nSPS) is 20.8. The molecule has 0 aliphatic carbocycles. The summed E-state index contributed by atoms with van der Waals surface area (Å²) in [5.74, 6) is 1.71. The lowest BCUT2D eigenvalue weighted by molar-refractivity contribution is 0.267. The van der Waals surface area contributed by atoms with E-state index in [-0.39, 0.29) is 0 Å². The van der Waals surface area contributed by atoms with Crippen molar-refractivity contribution in [3.8, 4) is 0 Å². The average molecular weight is 194 g/mol. The third kappa shape index (κ3) is 2.37. The van der Waals surface area contributed by atoms with Crippen molar-refractivity contribution in [2.45, 2.75) is 26.7 Å². The number of nitrogens with one attached hydrogen (secondary N) is 1. The average Bonchev–Trinajstić information content (AvgIpc) is 2.60. The highest BCUT2D eigenvalue weighted by Crippen LogP contribution is 2.27. The summed E-state index contributed by atoms with van der Waals surface area (Å²) < 4.78 is 5.32. The highest BCUT2D eigenvalue weighted by Gasteiger charge is 2.16.